The zero-order valence-electron chi connectivity index (χ0n) is 12.3. The second kappa shape index (κ2) is 6.13. The molecule has 3 N–H and O–H groups in total. The summed E-state index contributed by atoms with van der Waals surface area (Å²) in [5.74, 6) is 0.465. The third-order valence-corrected chi connectivity index (χ3v) is 3.78. The predicted octanol–water partition coefficient (Wildman–Crippen LogP) is 1.49. The maximum absolute atomic E-state index is 12.2. The maximum Gasteiger partial charge on any atom is 0.251 e. The van der Waals surface area contributed by atoms with Crippen LogP contribution in [0.2, 0.25) is 0 Å². The van der Waals surface area contributed by atoms with E-state index in [0.29, 0.717) is 23.0 Å². The van der Waals surface area contributed by atoms with Crippen LogP contribution in [0.4, 0.5) is 5.69 Å². The van der Waals surface area contributed by atoms with Gasteiger partial charge in [0.05, 0.1) is 12.8 Å². The molecule has 5 heteroatoms. The Morgan fingerprint density at radius 3 is 2.85 bits per heavy atom. The summed E-state index contributed by atoms with van der Waals surface area (Å²) < 4.78 is 5.14. The van der Waals surface area contributed by atoms with Crippen LogP contribution in [0, 0.1) is 0 Å². The predicted molar refractivity (Wildman–Crippen MR) is 80.0 cm³/mol. The van der Waals surface area contributed by atoms with Gasteiger partial charge in [0.25, 0.3) is 5.91 Å². The number of benzene rings is 1. The standard InChI is InChI=1S/C15H23N3O2/c1-10(2)18-7-6-12(9-18)17-15(19)11-4-5-13(16)14(8-11)20-3/h4-5,8,10,12H,6-7,9,16H2,1-3H3,(H,17,19)/t12-/m0/s1. The van der Waals surface area contributed by atoms with Gasteiger partial charge in [-0.1, -0.05) is 0 Å². The van der Waals surface area contributed by atoms with Gasteiger partial charge in [0, 0.05) is 30.7 Å². The minimum Gasteiger partial charge on any atom is -0.495 e. The van der Waals surface area contributed by atoms with Crippen LogP contribution >= 0.6 is 0 Å². The number of nitrogens with zero attached hydrogens (tertiary/aromatic N) is 1. The summed E-state index contributed by atoms with van der Waals surface area (Å²) in [7, 11) is 1.55. The number of hydrogen-bond acceptors (Lipinski definition) is 4. The van der Waals surface area contributed by atoms with E-state index in [-0.39, 0.29) is 11.9 Å². The van der Waals surface area contributed by atoms with E-state index in [1.165, 1.54) is 0 Å². The molecule has 0 bridgehead atoms. The van der Waals surface area contributed by atoms with E-state index < -0.39 is 0 Å². The molecular weight excluding hydrogens is 254 g/mol. The first-order chi connectivity index (χ1) is 9.51. The summed E-state index contributed by atoms with van der Waals surface area (Å²) in [6.07, 6.45) is 0.996. The minimum absolute atomic E-state index is 0.0705. The molecule has 0 unspecified atom stereocenters. The molecule has 0 radical (unpaired) electrons. The van der Waals surface area contributed by atoms with Crippen molar-refractivity contribution in [2.45, 2.75) is 32.4 Å². The number of nitrogens with two attached hydrogens (primary N) is 1. The number of anilines is 1. The normalized spacial score (nSPS) is 19.3. The quantitative estimate of drug-likeness (QED) is 0.818. The van der Waals surface area contributed by atoms with E-state index >= 15 is 0 Å². The number of nitrogens with one attached hydrogen (secondary N) is 1. The van der Waals surface area contributed by atoms with Crippen molar-refractivity contribution in [2.75, 3.05) is 25.9 Å². The highest BCUT2D eigenvalue weighted by Crippen LogP contribution is 2.22. The van der Waals surface area contributed by atoms with Crippen LogP contribution in [-0.2, 0) is 0 Å². The lowest BCUT2D eigenvalue weighted by molar-refractivity contribution is 0.0936. The van der Waals surface area contributed by atoms with Crippen molar-refractivity contribution in [3.63, 3.8) is 0 Å². The monoisotopic (exact) mass is 277 g/mol. The molecule has 0 spiro atoms. The fraction of sp³-hybridized carbons (Fsp3) is 0.533. The van der Waals surface area contributed by atoms with Crippen molar-refractivity contribution in [2.24, 2.45) is 0 Å². The SMILES string of the molecule is COc1cc(C(=O)N[C@H]2CCN(C(C)C)C2)ccc1N. The van der Waals surface area contributed by atoms with Gasteiger partial charge in [-0.25, -0.2) is 0 Å². The average Bonchev–Trinajstić information content (AvgIpc) is 2.88. The van der Waals surface area contributed by atoms with Crippen molar-refractivity contribution in [1.82, 2.24) is 10.2 Å². The molecule has 1 aromatic carbocycles. The summed E-state index contributed by atoms with van der Waals surface area (Å²) in [5, 5.41) is 3.07. The Labute approximate surface area is 120 Å². The molecule has 1 saturated heterocycles. The summed E-state index contributed by atoms with van der Waals surface area (Å²) in [5.41, 5.74) is 6.87. The number of carbonyl (C=O) groups excluding carboxylic acids is 1. The lowest BCUT2D eigenvalue weighted by Crippen LogP contribution is -2.38. The van der Waals surface area contributed by atoms with E-state index in [9.17, 15) is 4.79 Å². The molecule has 1 aliphatic rings. The molecule has 0 aliphatic carbocycles. The summed E-state index contributed by atoms with van der Waals surface area (Å²) in [6.45, 7) is 6.30. The Balaban J connectivity index is 1.99. The third-order valence-electron chi connectivity index (χ3n) is 3.78. The number of nitrogen functional groups attached to an aromatic ring is 1. The number of likely N-dealkylation sites (tertiary alicyclic amines) is 1. The van der Waals surface area contributed by atoms with Gasteiger partial charge in [-0.3, -0.25) is 9.69 Å². The van der Waals surface area contributed by atoms with Gasteiger partial charge in [-0.2, -0.15) is 0 Å². The maximum atomic E-state index is 12.2. The van der Waals surface area contributed by atoms with Gasteiger partial charge in [0.1, 0.15) is 5.75 Å². The van der Waals surface area contributed by atoms with Crippen LogP contribution in [0.25, 0.3) is 0 Å². The van der Waals surface area contributed by atoms with Crippen molar-refractivity contribution in [1.29, 1.82) is 0 Å². The van der Waals surface area contributed by atoms with Crippen LogP contribution in [0.3, 0.4) is 0 Å². The highest BCUT2D eigenvalue weighted by molar-refractivity contribution is 5.95. The zero-order valence-corrected chi connectivity index (χ0v) is 12.3. The fourth-order valence-electron chi connectivity index (χ4n) is 2.50. The first-order valence-electron chi connectivity index (χ1n) is 6.99. The number of ether oxygens (including phenoxy) is 1. The molecule has 1 heterocycles. The van der Waals surface area contributed by atoms with Crippen LogP contribution in [0.5, 0.6) is 5.75 Å². The second-order valence-electron chi connectivity index (χ2n) is 5.50. The zero-order chi connectivity index (χ0) is 14.7. The lowest BCUT2D eigenvalue weighted by atomic mass is 10.1. The molecule has 1 amide bonds. The lowest BCUT2D eigenvalue weighted by Gasteiger charge is -2.20. The highest BCUT2D eigenvalue weighted by atomic mass is 16.5. The first kappa shape index (κ1) is 14.7. The summed E-state index contributed by atoms with van der Waals surface area (Å²) in [6, 6.07) is 5.84. The number of amides is 1. The van der Waals surface area contributed by atoms with Crippen LogP contribution in [0.1, 0.15) is 30.6 Å². The topological polar surface area (TPSA) is 67.6 Å². The Kier molecular flexibility index (Phi) is 4.49. The van der Waals surface area contributed by atoms with Gasteiger partial charge in [-0.15, -0.1) is 0 Å². The molecule has 0 saturated carbocycles. The average molecular weight is 277 g/mol. The van der Waals surface area contributed by atoms with E-state index in [0.717, 1.165) is 19.5 Å². The number of hydrogen-bond donors (Lipinski definition) is 2. The molecule has 1 aromatic rings. The van der Waals surface area contributed by atoms with Crippen LogP contribution in [0.15, 0.2) is 18.2 Å². The molecule has 1 aliphatic heterocycles. The summed E-state index contributed by atoms with van der Waals surface area (Å²) >= 11 is 0. The third kappa shape index (κ3) is 3.22. The first-order valence-corrected chi connectivity index (χ1v) is 6.99. The van der Waals surface area contributed by atoms with Crippen molar-refractivity contribution in [3.05, 3.63) is 23.8 Å². The molecule has 1 atom stereocenters. The van der Waals surface area contributed by atoms with Crippen LogP contribution in [-0.4, -0.2) is 43.1 Å². The highest BCUT2D eigenvalue weighted by Gasteiger charge is 2.25. The van der Waals surface area contributed by atoms with Crippen molar-refractivity contribution < 1.29 is 9.53 Å². The van der Waals surface area contributed by atoms with Gasteiger partial charge in [0.2, 0.25) is 0 Å². The van der Waals surface area contributed by atoms with Gasteiger partial charge >= 0.3 is 0 Å². The largest absolute Gasteiger partial charge is 0.495 e. The Hall–Kier alpha value is -1.75. The van der Waals surface area contributed by atoms with Crippen LogP contribution < -0.4 is 15.8 Å². The van der Waals surface area contributed by atoms with Gasteiger partial charge < -0.3 is 15.8 Å². The molecule has 0 aromatic heterocycles. The molecule has 110 valence electrons. The van der Waals surface area contributed by atoms with Gasteiger partial charge in [0.15, 0.2) is 0 Å². The van der Waals surface area contributed by atoms with E-state index in [1.807, 2.05) is 0 Å². The molecule has 5 nitrogen and oxygen atoms in total. The Morgan fingerprint density at radius 1 is 1.50 bits per heavy atom. The number of methoxy groups -OCH3 is 1. The van der Waals surface area contributed by atoms with E-state index in [1.54, 1.807) is 25.3 Å². The van der Waals surface area contributed by atoms with Crippen molar-refractivity contribution in [3.8, 4) is 5.75 Å². The molecular formula is C15H23N3O2. The number of carbonyl (C=O) groups is 1. The fourth-order valence-corrected chi connectivity index (χ4v) is 2.50. The smallest absolute Gasteiger partial charge is 0.251 e. The molecule has 20 heavy (non-hydrogen) atoms. The Morgan fingerprint density at radius 2 is 2.25 bits per heavy atom. The molecule has 2 rings (SSSR count). The number of rotatable bonds is 4. The van der Waals surface area contributed by atoms with E-state index in [4.69, 9.17) is 10.5 Å². The van der Waals surface area contributed by atoms with Gasteiger partial charge in [-0.05, 0) is 38.5 Å². The second-order valence-corrected chi connectivity index (χ2v) is 5.50. The van der Waals surface area contributed by atoms with Crippen molar-refractivity contribution >= 4 is 11.6 Å². The summed E-state index contributed by atoms with van der Waals surface area (Å²) in [4.78, 5) is 14.6. The Bertz CT molecular complexity index is 488. The van der Waals surface area contributed by atoms with E-state index in [2.05, 4.69) is 24.1 Å². The minimum atomic E-state index is -0.0705. The molecule has 1 fully saturated rings.